The van der Waals surface area contributed by atoms with Crippen LogP contribution >= 0.6 is 0 Å². The van der Waals surface area contributed by atoms with Gasteiger partial charge < -0.3 is 14.6 Å². The van der Waals surface area contributed by atoms with Gasteiger partial charge in [-0.25, -0.2) is 0 Å². The van der Waals surface area contributed by atoms with Crippen molar-refractivity contribution in [3.63, 3.8) is 0 Å². The van der Waals surface area contributed by atoms with Gasteiger partial charge in [-0.05, 0) is 60.9 Å². The SMILES string of the molecule is COc1cc2c(cc1OC1CN(C)C1)CCN1C[C@@H](CC(C)(C)C)[C@H](O)C[C@H]21. The van der Waals surface area contributed by atoms with Crippen molar-refractivity contribution in [1.82, 2.24) is 9.80 Å². The monoisotopic (exact) mass is 388 g/mol. The molecular formula is C23H36N2O3. The zero-order valence-electron chi connectivity index (χ0n) is 18.1. The van der Waals surface area contributed by atoms with Gasteiger partial charge in [-0.2, -0.15) is 0 Å². The summed E-state index contributed by atoms with van der Waals surface area (Å²) in [5.41, 5.74) is 2.91. The van der Waals surface area contributed by atoms with Crippen molar-refractivity contribution in [3.05, 3.63) is 23.3 Å². The maximum Gasteiger partial charge on any atom is 0.162 e. The zero-order chi connectivity index (χ0) is 20.1. The summed E-state index contributed by atoms with van der Waals surface area (Å²) >= 11 is 0. The number of rotatable bonds is 4. The summed E-state index contributed by atoms with van der Waals surface area (Å²) in [6.45, 7) is 10.8. The fourth-order valence-corrected chi connectivity index (χ4v) is 5.23. The van der Waals surface area contributed by atoms with Gasteiger partial charge in [-0.1, -0.05) is 20.8 Å². The average Bonchev–Trinajstić information content (AvgIpc) is 2.59. The minimum Gasteiger partial charge on any atom is -0.493 e. The second kappa shape index (κ2) is 7.51. The molecule has 5 nitrogen and oxygen atoms in total. The molecule has 0 radical (unpaired) electrons. The molecule has 28 heavy (non-hydrogen) atoms. The molecule has 3 aliphatic heterocycles. The lowest BCUT2D eigenvalue weighted by atomic mass is 9.75. The van der Waals surface area contributed by atoms with E-state index < -0.39 is 0 Å². The van der Waals surface area contributed by atoms with E-state index in [1.54, 1.807) is 7.11 Å². The van der Waals surface area contributed by atoms with E-state index in [-0.39, 0.29) is 23.7 Å². The Labute approximate surface area is 169 Å². The molecule has 0 amide bonds. The van der Waals surface area contributed by atoms with E-state index in [9.17, 15) is 5.11 Å². The Morgan fingerprint density at radius 2 is 1.89 bits per heavy atom. The predicted molar refractivity (Wildman–Crippen MR) is 111 cm³/mol. The summed E-state index contributed by atoms with van der Waals surface area (Å²) in [7, 11) is 3.83. The molecule has 4 rings (SSSR count). The summed E-state index contributed by atoms with van der Waals surface area (Å²) < 4.78 is 11.9. The fourth-order valence-electron chi connectivity index (χ4n) is 5.23. The molecule has 2 fully saturated rings. The Morgan fingerprint density at radius 1 is 1.14 bits per heavy atom. The van der Waals surface area contributed by atoms with Crippen molar-refractivity contribution >= 4 is 0 Å². The van der Waals surface area contributed by atoms with Crippen LogP contribution in [0.4, 0.5) is 0 Å². The summed E-state index contributed by atoms with van der Waals surface area (Å²) in [6, 6.07) is 4.64. The minimum absolute atomic E-state index is 0.237. The maximum absolute atomic E-state index is 10.9. The number of nitrogens with zero attached hydrogens (tertiary/aromatic N) is 2. The molecule has 156 valence electrons. The quantitative estimate of drug-likeness (QED) is 0.859. The number of methoxy groups -OCH3 is 1. The van der Waals surface area contributed by atoms with Crippen molar-refractivity contribution in [1.29, 1.82) is 0 Å². The predicted octanol–water partition coefficient (Wildman–Crippen LogP) is 3.10. The number of hydrogen-bond donors (Lipinski definition) is 1. The second-order valence-corrected chi connectivity index (χ2v) is 10.3. The maximum atomic E-state index is 10.9. The molecule has 5 heteroatoms. The van der Waals surface area contributed by atoms with Crippen molar-refractivity contribution < 1.29 is 14.6 Å². The van der Waals surface area contributed by atoms with E-state index >= 15 is 0 Å². The Hall–Kier alpha value is -1.30. The molecule has 3 aliphatic rings. The van der Waals surface area contributed by atoms with Crippen LogP contribution in [0.25, 0.3) is 0 Å². The van der Waals surface area contributed by atoms with Crippen LogP contribution in [0, 0.1) is 11.3 Å². The van der Waals surface area contributed by atoms with Gasteiger partial charge in [0.2, 0.25) is 0 Å². The highest BCUT2D eigenvalue weighted by atomic mass is 16.5. The van der Waals surface area contributed by atoms with E-state index in [1.165, 1.54) is 11.1 Å². The third kappa shape index (κ3) is 4.03. The minimum atomic E-state index is -0.237. The molecule has 1 aromatic rings. The van der Waals surface area contributed by atoms with Gasteiger partial charge in [-0.15, -0.1) is 0 Å². The normalized spacial score (nSPS) is 29.0. The molecule has 3 heterocycles. The third-order valence-corrected chi connectivity index (χ3v) is 6.57. The summed E-state index contributed by atoms with van der Waals surface area (Å²) in [6.07, 6.45) is 2.93. The molecule has 0 unspecified atom stereocenters. The Balaban J connectivity index is 1.54. The van der Waals surface area contributed by atoms with E-state index in [1.807, 2.05) is 0 Å². The smallest absolute Gasteiger partial charge is 0.162 e. The van der Waals surface area contributed by atoms with Crippen LogP contribution in [0.5, 0.6) is 11.5 Å². The van der Waals surface area contributed by atoms with Crippen molar-refractivity contribution in [2.24, 2.45) is 11.3 Å². The van der Waals surface area contributed by atoms with Gasteiger partial charge in [-0.3, -0.25) is 9.80 Å². The first-order valence-corrected chi connectivity index (χ1v) is 10.7. The Morgan fingerprint density at radius 3 is 2.54 bits per heavy atom. The van der Waals surface area contributed by atoms with Gasteiger partial charge in [0, 0.05) is 32.2 Å². The standard InChI is InChI=1S/C23H36N2O3/c1-23(2,3)11-16-12-25-7-6-15-8-22(28-17-13-24(4)14-17)21(27-5)9-18(15)19(25)10-20(16)26/h8-9,16-17,19-20,26H,6-7,10-14H2,1-5H3/t16-,19-,20-/m1/s1. The van der Waals surface area contributed by atoms with Crippen molar-refractivity contribution in [2.45, 2.75) is 58.3 Å². The lowest BCUT2D eigenvalue weighted by molar-refractivity contribution is -0.0259. The number of benzene rings is 1. The summed E-state index contributed by atoms with van der Waals surface area (Å²) in [4.78, 5) is 4.83. The summed E-state index contributed by atoms with van der Waals surface area (Å²) in [5, 5.41) is 10.9. The van der Waals surface area contributed by atoms with Crippen LogP contribution in [0.1, 0.15) is 50.8 Å². The largest absolute Gasteiger partial charge is 0.493 e. The van der Waals surface area contributed by atoms with Gasteiger partial charge in [0.05, 0.1) is 13.2 Å². The highest BCUT2D eigenvalue weighted by Gasteiger charge is 2.40. The zero-order valence-corrected chi connectivity index (χ0v) is 18.1. The van der Waals surface area contributed by atoms with Gasteiger partial charge in [0.15, 0.2) is 11.5 Å². The molecule has 0 bridgehead atoms. The first kappa shape index (κ1) is 20.0. The van der Waals surface area contributed by atoms with E-state index in [0.29, 0.717) is 5.92 Å². The third-order valence-electron chi connectivity index (χ3n) is 6.57. The second-order valence-electron chi connectivity index (χ2n) is 10.3. The molecule has 0 spiro atoms. The molecule has 0 aromatic heterocycles. The van der Waals surface area contributed by atoms with Gasteiger partial charge in [0.1, 0.15) is 6.10 Å². The number of aliphatic hydroxyl groups excluding tert-OH is 1. The molecule has 2 saturated heterocycles. The number of likely N-dealkylation sites (N-methyl/N-ethyl adjacent to an activating group) is 1. The number of ether oxygens (including phenoxy) is 2. The lowest BCUT2D eigenvalue weighted by Crippen LogP contribution is -2.51. The van der Waals surface area contributed by atoms with Crippen LogP contribution in [0.15, 0.2) is 12.1 Å². The van der Waals surface area contributed by atoms with Gasteiger partial charge in [0.25, 0.3) is 0 Å². The first-order valence-electron chi connectivity index (χ1n) is 10.7. The topological polar surface area (TPSA) is 45.2 Å². The number of hydrogen-bond acceptors (Lipinski definition) is 5. The molecule has 1 aromatic carbocycles. The number of fused-ring (bicyclic) bond motifs is 3. The highest BCUT2D eigenvalue weighted by Crippen LogP contribution is 2.44. The van der Waals surface area contributed by atoms with Crippen LogP contribution < -0.4 is 9.47 Å². The number of piperidine rings is 1. The van der Waals surface area contributed by atoms with Crippen LogP contribution in [0.3, 0.4) is 0 Å². The lowest BCUT2D eigenvalue weighted by Gasteiger charge is -2.47. The van der Waals surface area contributed by atoms with Crippen LogP contribution in [-0.4, -0.2) is 67.5 Å². The van der Waals surface area contributed by atoms with Crippen LogP contribution in [-0.2, 0) is 6.42 Å². The molecule has 1 N–H and O–H groups in total. The van der Waals surface area contributed by atoms with E-state index in [4.69, 9.17) is 9.47 Å². The van der Waals surface area contributed by atoms with Gasteiger partial charge >= 0.3 is 0 Å². The number of aliphatic hydroxyl groups is 1. The van der Waals surface area contributed by atoms with E-state index in [0.717, 1.165) is 56.9 Å². The molecule has 0 aliphatic carbocycles. The Bertz CT molecular complexity index is 709. The van der Waals surface area contributed by atoms with Crippen LogP contribution in [0.2, 0.25) is 0 Å². The van der Waals surface area contributed by atoms with E-state index in [2.05, 4.69) is 49.8 Å². The first-order chi connectivity index (χ1) is 13.2. The van der Waals surface area contributed by atoms with Crippen molar-refractivity contribution in [2.75, 3.05) is 40.3 Å². The number of likely N-dealkylation sites (tertiary alicyclic amines) is 1. The summed E-state index contributed by atoms with van der Waals surface area (Å²) in [5.74, 6) is 2.05. The fraction of sp³-hybridized carbons (Fsp3) is 0.739. The molecule has 0 saturated carbocycles. The highest BCUT2D eigenvalue weighted by molar-refractivity contribution is 5.50. The molecule has 3 atom stereocenters. The molecular weight excluding hydrogens is 352 g/mol. The van der Waals surface area contributed by atoms with Crippen molar-refractivity contribution in [3.8, 4) is 11.5 Å². The Kier molecular flexibility index (Phi) is 5.36. The average molecular weight is 389 g/mol.